The SMILES string of the molecule is COc1ccccc1N1CCN(S(=O)(=O)c2ccc(F)cc2C)CC1. The molecule has 1 heterocycles. The average molecular weight is 364 g/mol. The van der Waals surface area contributed by atoms with Crippen molar-refractivity contribution in [2.75, 3.05) is 38.2 Å². The number of hydrogen-bond donors (Lipinski definition) is 0. The van der Waals surface area contributed by atoms with Gasteiger partial charge in [0, 0.05) is 26.2 Å². The van der Waals surface area contributed by atoms with Gasteiger partial charge in [0.05, 0.1) is 17.7 Å². The highest BCUT2D eigenvalue weighted by atomic mass is 32.2. The molecule has 0 atom stereocenters. The van der Waals surface area contributed by atoms with Crippen LogP contribution >= 0.6 is 0 Å². The van der Waals surface area contributed by atoms with Gasteiger partial charge in [-0.25, -0.2) is 12.8 Å². The van der Waals surface area contributed by atoms with Crippen molar-refractivity contribution in [3.63, 3.8) is 0 Å². The molecule has 7 heteroatoms. The first-order valence-electron chi connectivity index (χ1n) is 8.08. The summed E-state index contributed by atoms with van der Waals surface area (Å²) in [5, 5.41) is 0. The van der Waals surface area contributed by atoms with Crippen LogP contribution in [0.2, 0.25) is 0 Å². The van der Waals surface area contributed by atoms with Crippen molar-refractivity contribution in [3.05, 3.63) is 53.8 Å². The molecule has 1 aliphatic heterocycles. The molecule has 0 spiro atoms. The molecular weight excluding hydrogens is 343 g/mol. The van der Waals surface area contributed by atoms with E-state index >= 15 is 0 Å². The van der Waals surface area contributed by atoms with Gasteiger partial charge >= 0.3 is 0 Å². The van der Waals surface area contributed by atoms with Gasteiger partial charge in [-0.05, 0) is 42.8 Å². The quantitative estimate of drug-likeness (QED) is 0.837. The molecule has 3 rings (SSSR count). The number of hydrogen-bond acceptors (Lipinski definition) is 4. The summed E-state index contributed by atoms with van der Waals surface area (Å²) < 4.78 is 45.8. The van der Waals surface area contributed by atoms with Crippen LogP contribution in [0.15, 0.2) is 47.4 Å². The summed E-state index contributed by atoms with van der Waals surface area (Å²) in [7, 11) is -2.00. The molecule has 0 N–H and O–H groups in total. The van der Waals surface area contributed by atoms with Crippen molar-refractivity contribution in [3.8, 4) is 5.75 Å². The minimum absolute atomic E-state index is 0.166. The average Bonchev–Trinajstić information content (AvgIpc) is 2.61. The third-order valence-corrected chi connectivity index (χ3v) is 6.48. The van der Waals surface area contributed by atoms with E-state index in [1.165, 1.54) is 22.5 Å². The topological polar surface area (TPSA) is 49.9 Å². The number of aryl methyl sites for hydroxylation is 1. The van der Waals surface area contributed by atoms with Gasteiger partial charge in [0.1, 0.15) is 11.6 Å². The Morgan fingerprint density at radius 3 is 2.36 bits per heavy atom. The monoisotopic (exact) mass is 364 g/mol. The van der Waals surface area contributed by atoms with Gasteiger partial charge < -0.3 is 9.64 Å². The summed E-state index contributed by atoms with van der Waals surface area (Å²) >= 11 is 0. The van der Waals surface area contributed by atoms with E-state index in [9.17, 15) is 12.8 Å². The highest BCUT2D eigenvalue weighted by Crippen LogP contribution is 2.29. The maximum atomic E-state index is 13.3. The summed E-state index contributed by atoms with van der Waals surface area (Å²) in [6.45, 7) is 3.50. The van der Waals surface area contributed by atoms with Gasteiger partial charge in [-0.15, -0.1) is 0 Å². The van der Waals surface area contributed by atoms with Gasteiger partial charge in [-0.1, -0.05) is 12.1 Å². The van der Waals surface area contributed by atoms with E-state index in [1.807, 2.05) is 24.3 Å². The number of anilines is 1. The van der Waals surface area contributed by atoms with E-state index in [1.54, 1.807) is 14.0 Å². The van der Waals surface area contributed by atoms with E-state index in [2.05, 4.69) is 4.90 Å². The Kier molecular flexibility index (Phi) is 4.96. The normalized spacial score (nSPS) is 16.0. The van der Waals surface area contributed by atoms with Crippen LogP contribution in [0.5, 0.6) is 5.75 Å². The molecule has 0 radical (unpaired) electrons. The molecule has 1 fully saturated rings. The van der Waals surface area contributed by atoms with Gasteiger partial charge in [-0.2, -0.15) is 4.31 Å². The minimum Gasteiger partial charge on any atom is -0.495 e. The minimum atomic E-state index is -3.62. The number of para-hydroxylation sites is 2. The molecule has 0 bridgehead atoms. The van der Waals surface area contributed by atoms with E-state index < -0.39 is 15.8 Å². The van der Waals surface area contributed by atoms with Crippen LogP contribution in [0, 0.1) is 12.7 Å². The second-order valence-corrected chi connectivity index (χ2v) is 7.88. The first-order valence-corrected chi connectivity index (χ1v) is 9.52. The van der Waals surface area contributed by atoms with E-state index in [0.717, 1.165) is 11.4 Å². The third kappa shape index (κ3) is 3.48. The molecule has 2 aromatic rings. The van der Waals surface area contributed by atoms with E-state index in [-0.39, 0.29) is 4.90 Å². The molecule has 5 nitrogen and oxygen atoms in total. The lowest BCUT2D eigenvalue weighted by atomic mass is 10.2. The highest BCUT2D eigenvalue weighted by molar-refractivity contribution is 7.89. The number of benzene rings is 2. The maximum absolute atomic E-state index is 13.3. The first-order chi connectivity index (χ1) is 11.9. The van der Waals surface area contributed by atoms with Crippen LogP contribution in [-0.4, -0.2) is 46.0 Å². The number of ether oxygens (including phenoxy) is 1. The van der Waals surface area contributed by atoms with Crippen molar-refractivity contribution >= 4 is 15.7 Å². The number of halogens is 1. The highest BCUT2D eigenvalue weighted by Gasteiger charge is 2.30. The number of methoxy groups -OCH3 is 1. The van der Waals surface area contributed by atoms with Gasteiger partial charge in [0.2, 0.25) is 10.0 Å². The fourth-order valence-electron chi connectivity index (χ4n) is 3.10. The second-order valence-electron chi connectivity index (χ2n) is 5.97. The summed E-state index contributed by atoms with van der Waals surface area (Å²) in [5.74, 6) is 0.339. The summed E-state index contributed by atoms with van der Waals surface area (Å²) in [4.78, 5) is 2.28. The molecule has 1 saturated heterocycles. The van der Waals surface area contributed by atoms with Crippen molar-refractivity contribution < 1.29 is 17.5 Å². The molecule has 0 saturated carbocycles. The smallest absolute Gasteiger partial charge is 0.243 e. The Labute approximate surface area is 147 Å². The number of rotatable bonds is 4. The molecule has 0 aliphatic carbocycles. The standard InChI is InChI=1S/C18H21FN2O3S/c1-14-13-15(19)7-8-18(14)25(22,23)21-11-9-20(10-12-21)16-5-3-4-6-17(16)24-2/h3-8,13H,9-12H2,1-2H3. The summed E-state index contributed by atoms with van der Waals surface area (Å²) in [6.07, 6.45) is 0. The van der Waals surface area contributed by atoms with E-state index in [0.29, 0.717) is 31.7 Å². The van der Waals surface area contributed by atoms with Crippen LogP contribution < -0.4 is 9.64 Å². The lowest BCUT2D eigenvalue weighted by Gasteiger charge is -2.36. The Morgan fingerprint density at radius 1 is 1.04 bits per heavy atom. The first kappa shape index (κ1) is 17.7. The zero-order valence-corrected chi connectivity index (χ0v) is 15.1. The molecule has 0 aromatic heterocycles. The van der Waals surface area contributed by atoms with Crippen LogP contribution in [0.1, 0.15) is 5.56 Å². The molecule has 0 amide bonds. The molecular formula is C18H21FN2O3S. The number of sulfonamides is 1. The number of nitrogens with zero attached hydrogens (tertiary/aromatic N) is 2. The van der Waals surface area contributed by atoms with E-state index in [4.69, 9.17) is 4.74 Å². The molecule has 134 valence electrons. The fourth-order valence-corrected chi connectivity index (χ4v) is 4.73. The number of piperazine rings is 1. The lowest BCUT2D eigenvalue weighted by Crippen LogP contribution is -2.48. The summed E-state index contributed by atoms with van der Waals surface area (Å²) in [5.41, 5.74) is 1.38. The maximum Gasteiger partial charge on any atom is 0.243 e. The van der Waals surface area contributed by atoms with Crippen LogP contribution in [-0.2, 0) is 10.0 Å². The molecule has 25 heavy (non-hydrogen) atoms. The summed E-state index contributed by atoms with van der Waals surface area (Å²) in [6, 6.07) is 11.5. The zero-order chi connectivity index (χ0) is 18.0. The molecule has 2 aromatic carbocycles. The predicted octanol–water partition coefficient (Wildman–Crippen LogP) is 2.65. The van der Waals surface area contributed by atoms with Crippen molar-refractivity contribution in [1.29, 1.82) is 0 Å². The molecule has 1 aliphatic rings. The van der Waals surface area contributed by atoms with Crippen LogP contribution in [0.3, 0.4) is 0 Å². The van der Waals surface area contributed by atoms with Crippen molar-refractivity contribution in [2.45, 2.75) is 11.8 Å². The second kappa shape index (κ2) is 7.01. The van der Waals surface area contributed by atoms with Crippen molar-refractivity contribution in [2.24, 2.45) is 0 Å². The van der Waals surface area contributed by atoms with Crippen LogP contribution in [0.4, 0.5) is 10.1 Å². The lowest BCUT2D eigenvalue weighted by molar-refractivity contribution is 0.378. The van der Waals surface area contributed by atoms with Crippen molar-refractivity contribution in [1.82, 2.24) is 4.31 Å². The Morgan fingerprint density at radius 2 is 1.72 bits per heavy atom. The fraction of sp³-hybridized carbons (Fsp3) is 0.333. The third-order valence-electron chi connectivity index (χ3n) is 4.42. The Bertz CT molecular complexity index is 862. The predicted molar refractivity (Wildman–Crippen MR) is 95.1 cm³/mol. The van der Waals surface area contributed by atoms with Crippen LogP contribution in [0.25, 0.3) is 0 Å². The zero-order valence-electron chi connectivity index (χ0n) is 14.3. The van der Waals surface area contributed by atoms with Gasteiger partial charge in [-0.3, -0.25) is 0 Å². The Hall–Kier alpha value is -2.12. The largest absolute Gasteiger partial charge is 0.495 e. The van der Waals surface area contributed by atoms with Gasteiger partial charge in [0.25, 0.3) is 0 Å². The Balaban J connectivity index is 1.77. The molecule has 0 unspecified atom stereocenters. The van der Waals surface area contributed by atoms with Gasteiger partial charge in [0.15, 0.2) is 0 Å².